The van der Waals surface area contributed by atoms with Gasteiger partial charge in [-0.2, -0.15) is 0 Å². The molecule has 0 aliphatic carbocycles. The highest BCUT2D eigenvalue weighted by Gasteiger charge is 2.37. The van der Waals surface area contributed by atoms with Crippen LogP contribution in [0.25, 0.3) is 0 Å². The van der Waals surface area contributed by atoms with E-state index in [2.05, 4.69) is 24.0 Å². The fourth-order valence-electron chi connectivity index (χ4n) is 4.51. The van der Waals surface area contributed by atoms with E-state index in [1.807, 2.05) is 72.8 Å². The van der Waals surface area contributed by atoms with Crippen LogP contribution in [0.3, 0.4) is 0 Å². The third-order valence-electron chi connectivity index (χ3n) is 6.52. The SMILES string of the molecule is CCCN(Cc1ccc(OC)cc1)Cc1ccc(C(O)(c2ccc(OC)cc2)c2ccc(OC)cc2)o1. The van der Waals surface area contributed by atoms with E-state index in [-0.39, 0.29) is 0 Å². The van der Waals surface area contributed by atoms with Crippen LogP contribution in [-0.4, -0.2) is 37.9 Å². The Morgan fingerprint density at radius 3 is 1.62 bits per heavy atom. The lowest BCUT2D eigenvalue weighted by atomic mass is 9.84. The van der Waals surface area contributed by atoms with Crippen molar-refractivity contribution in [3.8, 4) is 17.2 Å². The highest BCUT2D eigenvalue weighted by molar-refractivity contribution is 5.46. The molecule has 3 aromatic carbocycles. The molecule has 0 fully saturated rings. The molecule has 0 aliphatic rings. The maximum atomic E-state index is 12.2. The molecule has 0 unspecified atom stereocenters. The summed E-state index contributed by atoms with van der Waals surface area (Å²) < 4.78 is 22.3. The number of nitrogens with zero attached hydrogens (tertiary/aromatic N) is 1. The minimum atomic E-state index is -1.48. The van der Waals surface area contributed by atoms with Gasteiger partial charge in [-0.25, -0.2) is 0 Å². The fourth-order valence-corrected chi connectivity index (χ4v) is 4.51. The molecular weight excluding hydrogens is 466 g/mol. The second-order valence-electron chi connectivity index (χ2n) is 8.99. The molecule has 6 heteroatoms. The highest BCUT2D eigenvalue weighted by Crippen LogP contribution is 2.39. The van der Waals surface area contributed by atoms with Gasteiger partial charge in [-0.3, -0.25) is 4.90 Å². The zero-order chi connectivity index (χ0) is 26.3. The van der Waals surface area contributed by atoms with Crippen LogP contribution in [0.4, 0.5) is 0 Å². The van der Waals surface area contributed by atoms with Crippen LogP contribution < -0.4 is 14.2 Å². The minimum Gasteiger partial charge on any atom is -0.497 e. The Morgan fingerprint density at radius 2 is 1.16 bits per heavy atom. The summed E-state index contributed by atoms with van der Waals surface area (Å²) in [4.78, 5) is 2.34. The average molecular weight is 502 g/mol. The van der Waals surface area contributed by atoms with E-state index >= 15 is 0 Å². The van der Waals surface area contributed by atoms with Crippen molar-refractivity contribution < 1.29 is 23.7 Å². The van der Waals surface area contributed by atoms with E-state index in [9.17, 15) is 5.11 Å². The van der Waals surface area contributed by atoms with Crippen LogP contribution in [0.1, 0.15) is 41.6 Å². The number of methoxy groups -OCH3 is 3. The van der Waals surface area contributed by atoms with Crippen molar-refractivity contribution in [2.75, 3.05) is 27.9 Å². The Balaban J connectivity index is 1.63. The van der Waals surface area contributed by atoms with Crippen LogP contribution in [-0.2, 0) is 18.7 Å². The second kappa shape index (κ2) is 12.0. The summed E-state index contributed by atoms with van der Waals surface area (Å²) >= 11 is 0. The van der Waals surface area contributed by atoms with Gasteiger partial charge in [0.25, 0.3) is 0 Å². The lowest BCUT2D eigenvalue weighted by Crippen LogP contribution is -2.28. The Morgan fingerprint density at radius 1 is 0.676 bits per heavy atom. The monoisotopic (exact) mass is 501 g/mol. The van der Waals surface area contributed by atoms with E-state index in [1.54, 1.807) is 21.3 Å². The third kappa shape index (κ3) is 5.98. The van der Waals surface area contributed by atoms with E-state index in [0.717, 1.165) is 42.5 Å². The van der Waals surface area contributed by atoms with E-state index < -0.39 is 5.60 Å². The second-order valence-corrected chi connectivity index (χ2v) is 8.99. The van der Waals surface area contributed by atoms with Gasteiger partial charge in [-0.15, -0.1) is 0 Å². The quantitative estimate of drug-likeness (QED) is 0.257. The summed E-state index contributed by atoms with van der Waals surface area (Å²) in [5.74, 6) is 3.53. The number of aliphatic hydroxyl groups is 1. The standard InChI is InChI=1S/C31H35NO5/c1-5-20-32(21-23-6-12-26(34-2)13-7-23)22-29-18-19-30(37-29)31(33,24-8-14-27(35-3)15-9-24)25-10-16-28(36-4)17-11-25/h6-19,33H,5,20-22H2,1-4H3. The van der Waals surface area contributed by atoms with Gasteiger partial charge in [-0.05, 0) is 78.2 Å². The number of furan rings is 1. The average Bonchev–Trinajstić information content (AvgIpc) is 3.42. The molecule has 194 valence electrons. The van der Waals surface area contributed by atoms with Gasteiger partial charge < -0.3 is 23.7 Å². The first-order valence-electron chi connectivity index (χ1n) is 12.5. The highest BCUT2D eigenvalue weighted by atomic mass is 16.5. The predicted octanol–water partition coefficient (Wildman–Crippen LogP) is 6.00. The van der Waals surface area contributed by atoms with Crippen LogP contribution in [0.5, 0.6) is 17.2 Å². The van der Waals surface area contributed by atoms with Gasteiger partial charge in [-0.1, -0.05) is 43.3 Å². The molecule has 0 radical (unpaired) electrons. The zero-order valence-corrected chi connectivity index (χ0v) is 21.9. The summed E-state index contributed by atoms with van der Waals surface area (Å²) in [5.41, 5.74) is 1.09. The first kappa shape index (κ1) is 26.3. The molecule has 0 saturated heterocycles. The van der Waals surface area contributed by atoms with Crippen molar-refractivity contribution in [2.45, 2.75) is 32.0 Å². The number of rotatable bonds is 12. The van der Waals surface area contributed by atoms with Gasteiger partial charge in [0.1, 0.15) is 28.8 Å². The topological polar surface area (TPSA) is 64.3 Å². The van der Waals surface area contributed by atoms with Gasteiger partial charge in [0.2, 0.25) is 0 Å². The maximum absolute atomic E-state index is 12.2. The van der Waals surface area contributed by atoms with E-state index in [1.165, 1.54) is 5.56 Å². The van der Waals surface area contributed by atoms with E-state index in [4.69, 9.17) is 18.6 Å². The molecule has 0 spiro atoms. The molecule has 0 atom stereocenters. The van der Waals surface area contributed by atoms with Crippen LogP contribution >= 0.6 is 0 Å². The van der Waals surface area contributed by atoms with Crippen LogP contribution in [0, 0.1) is 0 Å². The van der Waals surface area contributed by atoms with Crippen molar-refractivity contribution in [1.29, 1.82) is 0 Å². The minimum absolute atomic E-state index is 0.457. The lowest BCUT2D eigenvalue weighted by Gasteiger charge is -2.28. The molecule has 37 heavy (non-hydrogen) atoms. The molecule has 4 aromatic rings. The van der Waals surface area contributed by atoms with Crippen LogP contribution in [0.15, 0.2) is 89.3 Å². The lowest BCUT2D eigenvalue weighted by molar-refractivity contribution is 0.0951. The molecule has 1 heterocycles. The van der Waals surface area contributed by atoms with Crippen molar-refractivity contribution in [3.63, 3.8) is 0 Å². The van der Waals surface area contributed by atoms with Gasteiger partial charge in [0, 0.05) is 6.54 Å². The molecule has 1 N–H and O–H groups in total. The number of benzene rings is 3. The summed E-state index contributed by atoms with van der Waals surface area (Å²) in [6.07, 6.45) is 1.02. The van der Waals surface area contributed by atoms with Crippen molar-refractivity contribution in [2.24, 2.45) is 0 Å². The van der Waals surface area contributed by atoms with Gasteiger partial charge >= 0.3 is 0 Å². The summed E-state index contributed by atoms with van der Waals surface area (Å²) in [7, 11) is 4.92. The largest absolute Gasteiger partial charge is 0.497 e. The Kier molecular flexibility index (Phi) is 8.54. The Bertz CT molecular complexity index is 1200. The number of hydrogen-bond acceptors (Lipinski definition) is 6. The fraction of sp³-hybridized carbons (Fsp3) is 0.290. The smallest absolute Gasteiger partial charge is 0.173 e. The molecular formula is C31H35NO5. The van der Waals surface area contributed by atoms with E-state index in [0.29, 0.717) is 23.4 Å². The van der Waals surface area contributed by atoms with Crippen LogP contribution in [0.2, 0.25) is 0 Å². The predicted molar refractivity (Wildman–Crippen MR) is 144 cm³/mol. The summed E-state index contributed by atoms with van der Waals surface area (Å²) in [6.45, 7) is 4.50. The molecule has 0 saturated carbocycles. The Hall–Kier alpha value is -3.74. The first-order valence-corrected chi connectivity index (χ1v) is 12.5. The third-order valence-corrected chi connectivity index (χ3v) is 6.52. The summed E-state index contributed by atoms with van der Waals surface area (Å²) in [5, 5.41) is 12.2. The number of ether oxygens (including phenoxy) is 3. The van der Waals surface area contributed by atoms with Crippen molar-refractivity contribution in [1.82, 2.24) is 4.90 Å². The normalized spacial score (nSPS) is 11.5. The molecule has 0 amide bonds. The van der Waals surface area contributed by atoms with Crippen molar-refractivity contribution >= 4 is 0 Å². The van der Waals surface area contributed by atoms with Gasteiger partial charge in [0.15, 0.2) is 5.60 Å². The Labute approximate surface area is 219 Å². The molecule has 4 rings (SSSR count). The molecule has 1 aromatic heterocycles. The van der Waals surface area contributed by atoms with Crippen molar-refractivity contribution in [3.05, 3.63) is 113 Å². The molecule has 0 bridgehead atoms. The summed E-state index contributed by atoms with van der Waals surface area (Å²) in [6, 6.07) is 26.7. The first-order chi connectivity index (χ1) is 18.0. The molecule has 0 aliphatic heterocycles. The maximum Gasteiger partial charge on any atom is 0.173 e. The number of hydrogen-bond donors (Lipinski definition) is 1. The van der Waals surface area contributed by atoms with Gasteiger partial charge in [0.05, 0.1) is 27.9 Å². The molecule has 6 nitrogen and oxygen atoms in total. The zero-order valence-electron chi connectivity index (χ0n) is 21.9.